The van der Waals surface area contributed by atoms with Crippen LogP contribution in [0.5, 0.6) is 0 Å². The Labute approximate surface area is 360 Å². The molecule has 0 spiro atoms. The number of Topliss-reactive ketones (excluding diaryl/α,β-unsaturated/α-hetero) is 2. The number of hydrogen-bond acceptors (Lipinski definition) is 8. The van der Waals surface area contributed by atoms with Crippen LogP contribution in [0, 0.1) is 25.7 Å². The predicted molar refractivity (Wildman–Crippen MR) is 230 cm³/mol. The number of nitrogens with zero attached hydrogens (tertiary/aromatic N) is 6. The van der Waals surface area contributed by atoms with Gasteiger partial charge in [0, 0.05) is 54.1 Å². The molecule has 4 aromatic heterocycles. The van der Waals surface area contributed by atoms with Gasteiger partial charge in [0.05, 0.1) is 59.4 Å². The molecule has 0 amide bonds. The number of rotatable bonds is 16. The highest BCUT2D eigenvalue weighted by Crippen LogP contribution is 2.41. The van der Waals surface area contributed by atoms with Crippen LogP contribution in [0.25, 0.3) is 39.9 Å². The summed E-state index contributed by atoms with van der Waals surface area (Å²) in [7, 11) is 0. The summed E-state index contributed by atoms with van der Waals surface area (Å²) in [6.45, 7) is 7.07. The van der Waals surface area contributed by atoms with Gasteiger partial charge in [-0.3, -0.25) is 9.59 Å². The van der Waals surface area contributed by atoms with Crippen molar-refractivity contribution in [3.05, 3.63) is 101 Å². The number of ketones is 2. The summed E-state index contributed by atoms with van der Waals surface area (Å²) in [5.74, 6) is 1.73. The fraction of sp³-hybridized carbons (Fsp3) is 0.404. The Morgan fingerprint density at radius 2 is 1.14 bits per heavy atom. The van der Waals surface area contributed by atoms with Gasteiger partial charge in [-0.15, -0.1) is 0 Å². The maximum Gasteiger partial charge on any atom is 0.390 e. The van der Waals surface area contributed by atoms with Crippen LogP contribution in [0.15, 0.2) is 67.5 Å². The first kappa shape index (κ1) is 43.6. The van der Waals surface area contributed by atoms with Crippen molar-refractivity contribution in [1.82, 2.24) is 29.2 Å². The van der Waals surface area contributed by atoms with Crippen LogP contribution < -0.4 is 10.6 Å². The SMILES string of the molecule is C=Cc1cc(NCCC(F)(F)F)c2ncc(-c3ccc(C(=O)CC4CC4)c(C)c3)n2n1.Cc1cc(-c2cnc3c(NCCC(F)(F)F)cc(C4CC4)nn23)ccc1C(=O)CC1CC1. The monoisotopic (exact) mass is 870 g/mol. The maximum atomic E-state index is 12.6. The number of imidazole rings is 2. The number of alkyl halides is 6. The molecular formula is C47H48F6N8O2. The number of aryl methyl sites for hydroxylation is 2. The Bertz CT molecular complexity index is 2690. The second-order valence-corrected chi connectivity index (χ2v) is 17.0. The molecule has 63 heavy (non-hydrogen) atoms. The Morgan fingerprint density at radius 3 is 1.56 bits per heavy atom. The van der Waals surface area contributed by atoms with Crippen LogP contribution >= 0.6 is 0 Å². The second kappa shape index (κ2) is 17.6. The summed E-state index contributed by atoms with van der Waals surface area (Å²) in [5.41, 5.74) is 9.69. The molecular weight excluding hydrogens is 823 g/mol. The van der Waals surface area contributed by atoms with E-state index in [0.29, 0.717) is 64.7 Å². The van der Waals surface area contributed by atoms with Crippen LogP contribution in [-0.4, -0.2) is 66.2 Å². The molecule has 16 heteroatoms. The number of aromatic nitrogens is 6. The molecule has 3 fully saturated rings. The normalized spacial score (nSPS) is 15.3. The number of anilines is 2. The number of carbonyl (C=O) groups is 2. The lowest BCUT2D eigenvalue weighted by atomic mass is 9.98. The molecule has 6 aromatic rings. The highest BCUT2D eigenvalue weighted by Gasteiger charge is 2.31. The van der Waals surface area contributed by atoms with E-state index >= 15 is 0 Å². The smallest absolute Gasteiger partial charge is 0.382 e. The third-order valence-electron chi connectivity index (χ3n) is 11.6. The minimum absolute atomic E-state index is 0.160. The van der Waals surface area contributed by atoms with Crippen molar-refractivity contribution in [2.75, 3.05) is 23.7 Å². The number of fused-ring (bicyclic) bond motifs is 2. The van der Waals surface area contributed by atoms with E-state index in [2.05, 4.69) is 32.3 Å². The third-order valence-corrected chi connectivity index (χ3v) is 11.6. The summed E-state index contributed by atoms with van der Waals surface area (Å²) in [6, 6.07) is 14.8. The van der Waals surface area contributed by atoms with Crippen molar-refractivity contribution in [1.29, 1.82) is 0 Å². The molecule has 3 aliphatic rings. The molecule has 4 heterocycles. The molecule has 2 aromatic carbocycles. The van der Waals surface area contributed by atoms with Crippen molar-refractivity contribution < 1.29 is 35.9 Å². The quantitative estimate of drug-likeness (QED) is 0.0729. The van der Waals surface area contributed by atoms with Gasteiger partial charge in [-0.2, -0.15) is 36.5 Å². The fourth-order valence-corrected chi connectivity index (χ4v) is 7.64. The largest absolute Gasteiger partial charge is 0.390 e. The Kier molecular flexibility index (Phi) is 12.2. The van der Waals surface area contributed by atoms with Crippen molar-refractivity contribution in [2.24, 2.45) is 11.8 Å². The summed E-state index contributed by atoms with van der Waals surface area (Å²) < 4.78 is 78.7. The van der Waals surface area contributed by atoms with E-state index in [9.17, 15) is 35.9 Å². The van der Waals surface area contributed by atoms with Gasteiger partial charge >= 0.3 is 12.4 Å². The second-order valence-electron chi connectivity index (χ2n) is 17.0. The van der Waals surface area contributed by atoms with E-state index in [1.54, 1.807) is 27.5 Å². The highest BCUT2D eigenvalue weighted by atomic mass is 19.4. The standard InChI is InChI=1S/C24H25F3N4O.C23H23F3N4O/c1-14-10-17(6-7-18(14)22(32)11-15-2-3-15)21-13-29-23-20(28-9-8-24(25,26)27)12-19(16-4-5-16)30-31(21)23;1-3-17-12-19(27-9-8-23(24,25)26)22-28-13-20(30(22)29-17)16-6-7-18(14(2)10-16)21(31)11-15-4-5-15/h6-7,10,12-13,15-16,28H,2-5,8-9,11H2,1H3;3,6-7,10,12-13,15,27H,1,4-5,8-9,11H2,2H3. The molecule has 2 N–H and O–H groups in total. The molecule has 0 bridgehead atoms. The Hall–Kier alpha value is -6.06. The van der Waals surface area contributed by atoms with Crippen LogP contribution in [0.4, 0.5) is 37.7 Å². The summed E-state index contributed by atoms with van der Waals surface area (Å²) in [5, 5.41) is 15.0. The molecule has 10 nitrogen and oxygen atoms in total. The summed E-state index contributed by atoms with van der Waals surface area (Å²) >= 11 is 0. The van der Waals surface area contributed by atoms with Crippen molar-refractivity contribution in [2.45, 2.75) is 96.3 Å². The lowest BCUT2D eigenvalue weighted by Crippen LogP contribution is -2.15. The molecule has 0 radical (unpaired) electrons. The average molecular weight is 871 g/mol. The minimum atomic E-state index is -4.24. The highest BCUT2D eigenvalue weighted by molar-refractivity contribution is 5.99. The van der Waals surface area contributed by atoms with Crippen LogP contribution in [0.1, 0.15) is 113 Å². The molecule has 3 aliphatic carbocycles. The van der Waals surface area contributed by atoms with Gasteiger partial charge in [-0.1, -0.05) is 30.8 Å². The Balaban J connectivity index is 0.000000173. The van der Waals surface area contributed by atoms with E-state index in [1.165, 1.54) is 6.08 Å². The predicted octanol–water partition coefficient (Wildman–Crippen LogP) is 11.6. The van der Waals surface area contributed by atoms with Crippen molar-refractivity contribution in [3.8, 4) is 22.5 Å². The van der Waals surface area contributed by atoms with E-state index < -0.39 is 25.2 Å². The van der Waals surface area contributed by atoms with E-state index in [4.69, 9.17) is 5.10 Å². The molecule has 3 saturated carbocycles. The summed E-state index contributed by atoms with van der Waals surface area (Å²) in [4.78, 5) is 33.9. The van der Waals surface area contributed by atoms with E-state index in [-0.39, 0.29) is 24.7 Å². The lowest BCUT2D eigenvalue weighted by Gasteiger charge is -2.12. The van der Waals surface area contributed by atoms with Crippen molar-refractivity contribution >= 4 is 40.3 Å². The van der Waals surface area contributed by atoms with Gasteiger partial charge in [-0.25, -0.2) is 19.0 Å². The maximum absolute atomic E-state index is 12.6. The van der Waals surface area contributed by atoms with E-state index in [1.807, 2.05) is 56.3 Å². The zero-order chi connectivity index (χ0) is 44.6. The van der Waals surface area contributed by atoms with Crippen LogP contribution in [-0.2, 0) is 0 Å². The van der Waals surface area contributed by atoms with Gasteiger partial charge in [0.15, 0.2) is 22.9 Å². The lowest BCUT2D eigenvalue weighted by molar-refractivity contribution is -0.132. The first-order valence-electron chi connectivity index (χ1n) is 21.3. The van der Waals surface area contributed by atoms with Gasteiger partial charge in [0.2, 0.25) is 0 Å². The fourth-order valence-electron chi connectivity index (χ4n) is 7.64. The third kappa shape index (κ3) is 10.8. The van der Waals surface area contributed by atoms with Crippen molar-refractivity contribution in [3.63, 3.8) is 0 Å². The molecule has 9 rings (SSSR count). The van der Waals surface area contributed by atoms with E-state index in [0.717, 1.165) is 83.3 Å². The zero-order valence-electron chi connectivity index (χ0n) is 35.0. The molecule has 0 saturated heterocycles. The molecule has 330 valence electrons. The number of carbonyl (C=O) groups excluding carboxylic acids is 2. The number of nitrogens with one attached hydrogen (secondary N) is 2. The van der Waals surface area contributed by atoms with Gasteiger partial charge in [-0.05, 0) is 106 Å². The zero-order valence-corrected chi connectivity index (χ0v) is 35.0. The van der Waals surface area contributed by atoms with Gasteiger partial charge < -0.3 is 10.6 Å². The Morgan fingerprint density at radius 1 is 0.683 bits per heavy atom. The molecule has 0 aliphatic heterocycles. The van der Waals surface area contributed by atoms with Crippen LogP contribution in [0.2, 0.25) is 0 Å². The van der Waals surface area contributed by atoms with Crippen LogP contribution in [0.3, 0.4) is 0 Å². The number of hydrogen-bond donors (Lipinski definition) is 2. The molecule has 0 unspecified atom stereocenters. The number of benzene rings is 2. The van der Waals surface area contributed by atoms with Gasteiger partial charge in [0.1, 0.15) is 0 Å². The topological polar surface area (TPSA) is 119 Å². The van der Waals surface area contributed by atoms with Gasteiger partial charge in [0.25, 0.3) is 0 Å². The first-order valence-corrected chi connectivity index (χ1v) is 21.3. The first-order chi connectivity index (χ1) is 30.0. The molecule has 0 atom stereocenters. The minimum Gasteiger partial charge on any atom is -0.382 e. The summed E-state index contributed by atoms with van der Waals surface area (Å²) in [6.07, 6.45) is 2.31. The average Bonchev–Trinajstić information content (AvgIpc) is 4.16. The number of halogens is 6.